The third-order valence-corrected chi connectivity index (χ3v) is 5.04. The summed E-state index contributed by atoms with van der Waals surface area (Å²) in [5.74, 6) is -0.292. The molecule has 28 heavy (non-hydrogen) atoms. The van der Waals surface area contributed by atoms with Crippen molar-refractivity contribution >= 4 is 5.91 Å². The van der Waals surface area contributed by atoms with E-state index in [1.807, 2.05) is 6.92 Å². The van der Waals surface area contributed by atoms with E-state index in [1.165, 1.54) is 50.7 Å². The van der Waals surface area contributed by atoms with Crippen LogP contribution in [0.1, 0.15) is 100 Å². The Balaban J connectivity index is 2.50. The lowest BCUT2D eigenvalue weighted by Crippen LogP contribution is -2.33. The quantitative estimate of drug-likeness (QED) is 0.297. The van der Waals surface area contributed by atoms with Crippen LogP contribution >= 0.6 is 0 Å². The zero-order chi connectivity index (χ0) is 20.8. The van der Waals surface area contributed by atoms with Crippen molar-refractivity contribution in [2.75, 3.05) is 13.1 Å². The molecule has 160 valence electrons. The first-order chi connectivity index (χ1) is 13.4. The highest BCUT2D eigenvalue weighted by molar-refractivity contribution is 5.94. The van der Waals surface area contributed by atoms with Gasteiger partial charge < -0.3 is 4.90 Å². The molecular weight excluding hydrogens is 363 g/mol. The molecule has 0 atom stereocenters. The number of alkyl halides is 3. The summed E-state index contributed by atoms with van der Waals surface area (Å²) in [4.78, 5) is 14.5. The zero-order valence-corrected chi connectivity index (χ0v) is 17.5. The number of halogens is 3. The second-order valence-corrected chi connectivity index (χ2v) is 7.55. The molecule has 1 rings (SSSR count). The normalized spacial score (nSPS) is 11.6. The summed E-state index contributed by atoms with van der Waals surface area (Å²) in [6.07, 6.45) is 8.17. The molecule has 0 spiro atoms. The fourth-order valence-electron chi connectivity index (χ4n) is 3.29. The molecule has 0 unspecified atom stereocenters. The van der Waals surface area contributed by atoms with Crippen molar-refractivity contribution in [3.8, 4) is 0 Å². The molecule has 5 heteroatoms. The lowest BCUT2D eigenvalue weighted by molar-refractivity contribution is -0.137. The highest BCUT2D eigenvalue weighted by Crippen LogP contribution is 2.29. The molecule has 0 saturated heterocycles. The van der Waals surface area contributed by atoms with E-state index in [4.69, 9.17) is 0 Å². The number of unbranched alkanes of at least 4 members (excludes halogenated alkanes) is 9. The predicted molar refractivity (Wildman–Crippen MR) is 109 cm³/mol. The molecule has 0 aliphatic rings. The molecule has 0 aliphatic carbocycles. The number of benzene rings is 1. The number of carbonyl (C=O) groups is 1. The number of carbonyl (C=O) groups excluding carboxylic acids is 1. The molecule has 1 amide bonds. The SMILES string of the molecule is CCCCCCCCCCCN(CCCC)C(=O)c1cccc(C(F)(F)F)c1. The summed E-state index contributed by atoms with van der Waals surface area (Å²) in [5.41, 5.74) is -0.640. The third-order valence-electron chi connectivity index (χ3n) is 5.04. The van der Waals surface area contributed by atoms with E-state index >= 15 is 0 Å². The number of nitrogens with zero attached hydrogens (tertiary/aromatic N) is 1. The summed E-state index contributed by atoms with van der Waals surface area (Å²) >= 11 is 0. The van der Waals surface area contributed by atoms with Gasteiger partial charge in [-0.15, -0.1) is 0 Å². The van der Waals surface area contributed by atoms with Gasteiger partial charge in [-0.05, 0) is 31.0 Å². The van der Waals surface area contributed by atoms with E-state index in [9.17, 15) is 18.0 Å². The Morgan fingerprint density at radius 3 is 1.93 bits per heavy atom. The van der Waals surface area contributed by atoms with Crippen LogP contribution in [0, 0.1) is 0 Å². The van der Waals surface area contributed by atoms with Crippen molar-refractivity contribution < 1.29 is 18.0 Å². The summed E-state index contributed by atoms with van der Waals surface area (Å²) < 4.78 is 38.8. The fourth-order valence-corrected chi connectivity index (χ4v) is 3.29. The van der Waals surface area contributed by atoms with Gasteiger partial charge in [0.1, 0.15) is 0 Å². The van der Waals surface area contributed by atoms with Crippen molar-refractivity contribution in [1.29, 1.82) is 0 Å². The van der Waals surface area contributed by atoms with Crippen LogP contribution < -0.4 is 0 Å². The Morgan fingerprint density at radius 2 is 1.36 bits per heavy atom. The maximum Gasteiger partial charge on any atom is 0.416 e. The molecule has 0 radical (unpaired) electrons. The van der Waals surface area contributed by atoms with Gasteiger partial charge in [-0.3, -0.25) is 4.79 Å². The van der Waals surface area contributed by atoms with Crippen LogP contribution in [-0.2, 0) is 6.18 Å². The molecule has 0 bridgehead atoms. The molecule has 0 heterocycles. The Hall–Kier alpha value is -1.52. The smallest absolute Gasteiger partial charge is 0.339 e. The van der Waals surface area contributed by atoms with Crippen LogP contribution in [0.5, 0.6) is 0 Å². The van der Waals surface area contributed by atoms with Gasteiger partial charge in [0.2, 0.25) is 0 Å². The van der Waals surface area contributed by atoms with Crippen molar-refractivity contribution in [1.82, 2.24) is 4.90 Å². The summed E-state index contributed by atoms with van der Waals surface area (Å²) in [5, 5.41) is 0. The number of hydrogen-bond donors (Lipinski definition) is 0. The van der Waals surface area contributed by atoms with Gasteiger partial charge in [0.15, 0.2) is 0 Å². The maximum absolute atomic E-state index is 12.9. The molecule has 0 aromatic heterocycles. The molecule has 1 aromatic rings. The average Bonchev–Trinajstić information content (AvgIpc) is 2.68. The summed E-state index contributed by atoms with van der Waals surface area (Å²) in [6, 6.07) is 4.77. The fraction of sp³-hybridized carbons (Fsp3) is 0.696. The van der Waals surface area contributed by atoms with Gasteiger partial charge >= 0.3 is 6.18 Å². The van der Waals surface area contributed by atoms with Gasteiger partial charge in [-0.2, -0.15) is 13.2 Å². The topological polar surface area (TPSA) is 20.3 Å². The lowest BCUT2D eigenvalue weighted by atomic mass is 10.1. The van der Waals surface area contributed by atoms with E-state index in [0.717, 1.165) is 44.2 Å². The van der Waals surface area contributed by atoms with Crippen LogP contribution in [0.3, 0.4) is 0 Å². The maximum atomic E-state index is 12.9. The standard InChI is InChI=1S/C23H36F3NO/c1-3-5-7-8-9-10-11-12-13-18-27(17-6-4-2)22(28)20-15-14-16-21(19-20)23(24,25)26/h14-16,19H,3-13,17-18H2,1-2H3. The van der Waals surface area contributed by atoms with Crippen LogP contribution in [-0.4, -0.2) is 23.9 Å². The van der Waals surface area contributed by atoms with E-state index < -0.39 is 11.7 Å². The third kappa shape index (κ3) is 9.61. The largest absolute Gasteiger partial charge is 0.416 e. The van der Waals surface area contributed by atoms with Gasteiger partial charge in [-0.25, -0.2) is 0 Å². The van der Waals surface area contributed by atoms with Crippen LogP contribution in [0.4, 0.5) is 13.2 Å². The van der Waals surface area contributed by atoms with E-state index in [0.29, 0.717) is 13.1 Å². The molecule has 1 aromatic carbocycles. The van der Waals surface area contributed by atoms with Gasteiger partial charge in [0.05, 0.1) is 5.56 Å². The van der Waals surface area contributed by atoms with Crippen molar-refractivity contribution in [2.45, 2.75) is 90.7 Å². The van der Waals surface area contributed by atoms with Crippen molar-refractivity contribution in [3.05, 3.63) is 35.4 Å². The highest BCUT2D eigenvalue weighted by Gasteiger charge is 2.31. The van der Waals surface area contributed by atoms with Crippen molar-refractivity contribution in [3.63, 3.8) is 0 Å². The Bertz CT molecular complexity index is 557. The van der Waals surface area contributed by atoms with Crippen LogP contribution in [0.2, 0.25) is 0 Å². The first-order valence-electron chi connectivity index (χ1n) is 10.9. The number of rotatable bonds is 14. The minimum absolute atomic E-state index is 0.127. The van der Waals surface area contributed by atoms with Gasteiger partial charge in [0, 0.05) is 18.7 Å². The highest BCUT2D eigenvalue weighted by atomic mass is 19.4. The average molecular weight is 400 g/mol. The minimum atomic E-state index is -4.43. The Labute approximate surface area is 168 Å². The first kappa shape index (κ1) is 24.5. The first-order valence-corrected chi connectivity index (χ1v) is 10.9. The van der Waals surface area contributed by atoms with Crippen LogP contribution in [0.25, 0.3) is 0 Å². The van der Waals surface area contributed by atoms with Crippen molar-refractivity contribution in [2.24, 2.45) is 0 Å². The molecule has 0 saturated carbocycles. The molecule has 0 N–H and O–H groups in total. The molecule has 2 nitrogen and oxygen atoms in total. The second kappa shape index (κ2) is 13.6. The Kier molecular flexibility index (Phi) is 11.9. The predicted octanol–water partition coefficient (Wildman–Crippen LogP) is 7.48. The minimum Gasteiger partial charge on any atom is -0.339 e. The zero-order valence-electron chi connectivity index (χ0n) is 17.5. The molecule has 0 fully saturated rings. The second-order valence-electron chi connectivity index (χ2n) is 7.55. The van der Waals surface area contributed by atoms with Gasteiger partial charge in [0.25, 0.3) is 5.91 Å². The van der Waals surface area contributed by atoms with Crippen LogP contribution in [0.15, 0.2) is 24.3 Å². The molecular formula is C23H36F3NO. The van der Waals surface area contributed by atoms with E-state index in [-0.39, 0.29) is 11.5 Å². The monoisotopic (exact) mass is 399 g/mol. The summed E-state index contributed by atoms with van der Waals surface area (Å²) in [7, 11) is 0. The molecule has 0 aliphatic heterocycles. The summed E-state index contributed by atoms with van der Waals surface area (Å²) in [6.45, 7) is 5.48. The van der Waals surface area contributed by atoms with E-state index in [2.05, 4.69) is 6.92 Å². The lowest BCUT2D eigenvalue weighted by Gasteiger charge is -2.23. The Morgan fingerprint density at radius 1 is 0.821 bits per heavy atom. The van der Waals surface area contributed by atoms with E-state index in [1.54, 1.807) is 4.90 Å². The van der Waals surface area contributed by atoms with Gasteiger partial charge in [-0.1, -0.05) is 77.7 Å². The number of hydrogen-bond acceptors (Lipinski definition) is 1. The number of amides is 1.